The molecule has 0 spiro atoms. The van der Waals surface area contributed by atoms with Gasteiger partial charge in [-0.3, -0.25) is 4.79 Å². The minimum Gasteiger partial charge on any atom is -0.483 e. The van der Waals surface area contributed by atoms with E-state index in [1.165, 1.54) is 16.7 Å². The summed E-state index contributed by atoms with van der Waals surface area (Å²) in [5, 5.41) is 10.5. The zero-order chi connectivity index (χ0) is 46.7. The third kappa shape index (κ3) is 9.82. The van der Waals surface area contributed by atoms with Crippen molar-refractivity contribution in [1.29, 1.82) is 0 Å². The van der Waals surface area contributed by atoms with E-state index in [9.17, 15) is 14.7 Å². The monoisotopic (exact) mass is 904 g/mol. The minimum atomic E-state index is -1.16. The lowest BCUT2D eigenvalue weighted by atomic mass is 9.71. The molecular weight excluding hydrogens is 841 g/mol. The van der Waals surface area contributed by atoms with Crippen molar-refractivity contribution in [2.75, 3.05) is 20.3 Å². The van der Waals surface area contributed by atoms with Gasteiger partial charge in [-0.15, -0.1) is 0 Å². The largest absolute Gasteiger partial charge is 0.483 e. The van der Waals surface area contributed by atoms with Gasteiger partial charge in [0.2, 0.25) is 0 Å². The van der Waals surface area contributed by atoms with Gasteiger partial charge in [-0.05, 0) is 118 Å². The van der Waals surface area contributed by atoms with Crippen LogP contribution in [0, 0.1) is 11.8 Å². The van der Waals surface area contributed by atoms with Gasteiger partial charge in [0, 0.05) is 60.3 Å². The Hall–Kier alpha value is -5.77. The van der Waals surface area contributed by atoms with Crippen LogP contribution < -0.4 is 10.4 Å². The van der Waals surface area contributed by atoms with E-state index >= 15 is 4.79 Å². The van der Waals surface area contributed by atoms with Crippen LogP contribution in [0.3, 0.4) is 0 Å². The molecule has 3 aliphatic heterocycles. The summed E-state index contributed by atoms with van der Waals surface area (Å²) in [5.41, 5.74) is 6.62. The fraction of sp³-hybridized carbons (Fsp3) is 0.431. The van der Waals surface area contributed by atoms with Crippen LogP contribution in [-0.2, 0) is 36.6 Å². The Morgan fingerprint density at radius 2 is 1.61 bits per heavy atom. The number of aryl methyl sites for hydroxylation is 1. The van der Waals surface area contributed by atoms with Crippen LogP contribution in [0.2, 0.25) is 0 Å². The van der Waals surface area contributed by atoms with Gasteiger partial charge in [-0.2, -0.15) is 0 Å². The van der Waals surface area contributed by atoms with Gasteiger partial charge in [-0.1, -0.05) is 116 Å². The van der Waals surface area contributed by atoms with Crippen LogP contribution in [0.15, 0.2) is 130 Å². The first-order valence-electron chi connectivity index (χ1n) is 24.4. The number of hydrogen-bond acceptors (Lipinski definition) is 9. The van der Waals surface area contributed by atoms with E-state index in [1.807, 2.05) is 39.0 Å². The molecule has 10 rings (SSSR count). The molecular formula is C58H64O9. The summed E-state index contributed by atoms with van der Waals surface area (Å²) >= 11 is 0. The Bertz CT molecular complexity index is 2680. The molecule has 67 heavy (non-hydrogen) atoms. The van der Waals surface area contributed by atoms with Gasteiger partial charge in [0.15, 0.2) is 12.2 Å². The number of aliphatic hydroxyl groups excluding tert-OH is 1. The first-order chi connectivity index (χ1) is 32.5. The highest BCUT2D eigenvalue weighted by Crippen LogP contribution is 2.52. The van der Waals surface area contributed by atoms with Gasteiger partial charge in [0.1, 0.15) is 16.9 Å². The number of esters is 2. The maximum Gasteiger partial charge on any atom is 0.339 e. The molecule has 0 radical (unpaired) electrons. The van der Waals surface area contributed by atoms with Crippen LogP contribution in [0.5, 0.6) is 5.75 Å². The van der Waals surface area contributed by atoms with Gasteiger partial charge >= 0.3 is 17.6 Å². The zero-order valence-corrected chi connectivity index (χ0v) is 39.3. The van der Waals surface area contributed by atoms with Gasteiger partial charge < -0.3 is 28.5 Å². The van der Waals surface area contributed by atoms with Crippen molar-refractivity contribution in [2.45, 2.75) is 127 Å². The molecule has 0 amide bonds. The van der Waals surface area contributed by atoms with E-state index < -0.39 is 41.3 Å². The lowest BCUT2D eigenvalue weighted by Crippen LogP contribution is -2.58. The quantitative estimate of drug-likeness (QED) is 0.0667. The Labute approximate surface area is 394 Å². The molecule has 1 N–H and O–H groups in total. The number of rotatable bonds is 9. The SMILES string of the molecule is COC[C@@H](CCO)c1cc2ccc3c(c2oc1=O)[C@H]1OC(=O)C[C@H]2C[C@H](c4cccc(Cc5ccccc5)c4)C=C[C@H]2c2ccc(cc2)CCC(=C(C)C)C(=O)O[C@@H]1[C@](C)(C1CCCCC1)O3. The number of benzene rings is 4. The van der Waals surface area contributed by atoms with Crippen LogP contribution in [0.25, 0.3) is 11.0 Å². The van der Waals surface area contributed by atoms with Crippen molar-refractivity contribution in [3.63, 3.8) is 0 Å². The summed E-state index contributed by atoms with van der Waals surface area (Å²) in [6, 6.07) is 33.4. The zero-order valence-electron chi connectivity index (χ0n) is 39.3. The van der Waals surface area contributed by atoms with Crippen LogP contribution >= 0.6 is 0 Å². The average molecular weight is 905 g/mol. The summed E-state index contributed by atoms with van der Waals surface area (Å²) < 4.78 is 32.5. The van der Waals surface area contributed by atoms with Crippen molar-refractivity contribution in [3.05, 3.63) is 170 Å². The van der Waals surface area contributed by atoms with Crippen molar-refractivity contribution in [3.8, 4) is 5.75 Å². The number of carbonyl (C=O) groups excluding carboxylic acids is 2. The summed E-state index contributed by atoms with van der Waals surface area (Å²) in [4.78, 5) is 43.9. The summed E-state index contributed by atoms with van der Waals surface area (Å²) in [6.45, 7) is 5.94. The molecule has 1 fully saturated rings. The highest BCUT2D eigenvalue weighted by atomic mass is 16.6. The second kappa shape index (κ2) is 20.2. The highest BCUT2D eigenvalue weighted by molar-refractivity contribution is 5.90. The second-order valence-corrected chi connectivity index (χ2v) is 19.8. The van der Waals surface area contributed by atoms with E-state index in [-0.39, 0.29) is 48.9 Å². The third-order valence-electron chi connectivity index (χ3n) is 15.1. The van der Waals surface area contributed by atoms with Gasteiger partial charge in [0.25, 0.3) is 0 Å². The predicted molar refractivity (Wildman–Crippen MR) is 259 cm³/mol. The van der Waals surface area contributed by atoms with Gasteiger partial charge in [0.05, 0.1) is 12.2 Å². The maximum absolute atomic E-state index is 15.1. The third-order valence-corrected chi connectivity index (χ3v) is 15.1. The fourth-order valence-corrected chi connectivity index (χ4v) is 11.5. The fourth-order valence-electron chi connectivity index (χ4n) is 11.5. The van der Waals surface area contributed by atoms with Crippen molar-refractivity contribution in [2.24, 2.45) is 11.8 Å². The minimum absolute atomic E-state index is 0.0169. The standard InChI is InChI=1S/C58H64O9/c1-36(2)47-25-20-37-18-21-40(22-19-37)48-26-23-42(41-15-11-14-39(31-41)30-38-12-7-5-8-13-38)32-45(48)34-51(60)64-54-52-50(67-58(3,55(54)66-56(47)61)46-16-9-6-10-17-46)27-24-43-33-49(57(62)65-53(43)52)44(28-29-59)35-63-4/h5,7-8,11-15,18-19,21-24,26-27,31,33,42,44-46,48,54-55,59H,6,9-10,16-17,20,25,28-30,32,34-35H2,1-4H3/t42-,44-,45-,48+,54-,55+,58+/m1/s1. The Morgan fingerprint density at radius 1 is 0.836 bits per heavy atom. The Kier molecular flexibility index (Phi) is 14.0. The molecule has 2 aliphatic carbocycles. The molecule has 0 saturated heterocycles. The lowest BCUT2D eigenvalue weighted by Gasteiger charge is -2.50. The van der Waals surface area contributed by atoms with E-state index in [0.717, 1.165) is 61.6 Å². The number of allylic oxidation sites excluding steroid dienone is 3. The smallest absolute Gasteiger partial charge is 0.339 e. The predicted octanol–water partition coefficient (Wildman–Crippen LogP) is 11.5. The van der Waals surface area contributed by atoms with E-state index in [4.69, 9.17) is 23.4 Å². The van der Waals surface area contributed by atoms with E-state index in [2.05, 4.69) is 84.9 Å². The molecule has 2 bridgehead atoms. The number of hydrogen-bond donors (Lipinski definition) is 1. The molecule has 1 aromatic heterocycles. The van der Waals surface area contributed by atoms with Crippen LogP contribution in [-0.4, -0.2) is 49.1 Å². The van der Waals surface area contributed by atoms with Crippen molar-refractivity contribution < 1.29 is 38.1 Å². The lowest BCUT2D eigenvalue weighted by molar-refractivity contribution is -0.201. The first-order valence-corrected chi connectivity index (χ1v) is 24.4. The van der Waals surface area contributed by atoms with Gasteiger partial charge in [-0.25, -0.2) is 9.59 Å². The molecule has 1 saturated carbocycles. The van der Waals surface area contributed by atoms with Crippen molar-refractivity contribution >= 4 is 22.9 Å². The highest BCUT2D eigenvalue weighted by Gasteiger charge is 2.56. The number of ether oxygens (including phenoxy) is 4. The van der Waals surface area contributed by atoms with Crippen LogP contribution in [0.4, 0.5) is 0 Å². The Balaban J connectivity index is 1.15. The summed E-state index contributed by atoms with van der Waals surface area (Å²) in [6.07, 6.45) is 10.2. The topological polar surface area (TPSA) is 122 Å². The second-order valence-electron chi connectivity index (χ2n) is 19.8. The molecule has 9 heteroatoms. The molecule has 4 aromatic carbocycles. The first kappa shape index (κ1) is 46.3. The number of fused-ring (bicyclic) bond motifs is 11. The molecule has 4 heterocycles. The molecule has 5 aliphatic rings. The van der Waals surface area contributed by atoms with E-state index in [0.29, 0.717) is 47.1 Å². The maximum atomic E-state index is 15.1. The normalized spacial score (nSPS) is 25.0. The van der Waals surface area contributed by atoms with Crippen molar-refractivity contribution in [1.82, 2.24) is 0 Å². The number of carbonyl (C=O) groups is 2. The molecule has 350 valence electrons. The van der Waals surface area contributed by atoms with E-state index in [1.54, 1.807) is 13.2 Å². The molecule has 0 unspecified atom stereocenters. The molecule has 7 atom stereocenters. The number of methoxy groups -OCH3 is 1. The van der Waals surface area contributed by atoms with Crippen LogP contribution in [0.1, 0.15) is 141 Å². The summed E-state index contributed by atoms with van der Waals surface area (Å²) in [5.74, 6) is -1.01. The number of aliphatic hydroxyl groups is 1. The molecule has 5 aromatic rings. The average Bonchev–Trinajstić information content (AvgIpc) is 3.33. The summed E-state index contributed by atoms with van der Waals surface area (Å²) in [7, 11) is 1.56. The Morgan fingerprint density at radius 3 is 2.36 bits per heavy atom. The molecule has 9 nitrogen and oxygen atoms in total.